The molecule has 3 heteroatoms. The van der Waals surface area contributed by atoms with E-state index < -0.39 is 0 Å². The minimum absolute atomic E-state index is 0.306. The number of hydrogen-bond donors (Lipinski definition) is 1. The zero-order valence-electron chi connectivity index (χ0n) is 10.0. The lowest BCUT2D eigenvalue weighted by Crippen LogP contribution is -1.94. The SMILES string of the molecule is Fc1cc(Cl)c(Nc2ccccc2)c2ccccc12. The third-order valence-corrected chi connectivity index (χ3v) is 3.29. The lowest BCUT2D eigenvalue weighted by atomic mass is 10.1. The molecule has 0 aliphatic heterocycles. The van der Waals surface area contributed by atoms with E-state index in [-0.39, 0.29) is 5.82 Å². The smallest absolute Gasteiger partial charge is 0.132 e. The number of anilines is 2. The Kier molecular flexibility index (Phi) is 3.10. The van der Waals surface area contributed by atoms with E-state index in [1.807, 2.05) is 48.5 Å². The van der Waals surface area contributed by atoms with E-state index in [0.717, 1.165) is 16.8 Å². The molecule has 0 spiro atoms. The first-order valence-electron chi connectivity index (χ1n) is 5.94. The van der Waals surface area contributed by atoms with Gasteiger partial charge in [0.05, 0.1) is 10.7 Å². The Hall–Kier alpha value is -2.06. The Morgan fingerprint density at radius 3 is 2.21 bits per heavy atom. The monoisotopic (exact) mass is 271 g/mol. The molecule has 94 valence electrons. The Morgan fingerprint density at radius 1 is 0.842 bits per heavy atom. The molecule has 0 bridgehead atoms. The average Bonchev–Trinajstić information content (AvgIpc) is 2.45. The zero-order chi connectivity index (χ0) is 13.2. The second-order valence-electron chi connectivity index (χ2n) is 4.25. The molecule has 0 aromatic heterocycles. The van der Waals surface area contributed by atoms with E-state index in [1.165, 1.54) is 6.07 Å². The topological polar surface area (TPSA) is 12.0 Å². The van der Waals surface area contributed by atoms with Crippen LogP contribution in [0.15, 0.2) is 60.7 Å². The van der Waals surface area contributed by atoms with Gasteiger partial charge in [0.2, 0.25) is 0 Å². The number of benzene rings is 3. The van der Waals surface area contributed by atoms with Gasteiger partial charge >= 0.3 is 0 Å². The summed E-state index contributed by atoms with van der Waals surface area (Å²) in [5.74, 6) is -0.306. The molecule has 3 aromatic rings. The maximum absolute atomic E-state index is 13.9. The van der Waals surface area contributed by atoms with Crippen molar-refractivity contribution in [3.8, 4) is 0 Å². The summed E-state index contributed by atoms with van der Waals surface area (Å²) in [5.41, 5.74) is 1.64. The predicted molar refractivity (Wildman–Crippen MR) is 78.6 cm³/mol. The molecule has 1 N–H and O–H groups in total. The molecule has 3 rings (SSSR count). The van der Waals surface area contributed by atoms with Gasteiger partial charge in [0.15, 0.2) is 0 Å². The highest BCUT2D eigenvalue weighted by atomic mass is 35.5. The molecule has 1 nitrogen and oxygen atoms in total. The van der Waals surface area contributed by atoms with E-state index in [9.17, 15) is 4.39 Å². The maximum Gasteiger partial charge on any atom is 0.132 e. The normalized spacial score (nSPS) is 10.6. The quantitative estimate of drug-likeness (QED) is 0.660. The van der Waals surface area contributed by atoms with Crippen molar-refractivity contribution in [2.45, 2.75) is 0 Å². The van der Waals surface area contributed by atoms with E-state index in [0.29, 0.717) is 10.4 Å². The summed E-state index contributed by atoms with van der Waals surface area (Å²) in [6.45, 7) is 0. The summed E-state index contributed by atoms with van der Waals surface area (Å²) in [6.07, 6.45) is 0. The molecule has 0 aliphatic rings. The third-order valence-electron chi connectivity index (χ3n) is 2.99. The second-order valence-corrected chi connectivity index (χ2v) is 4.66. The average molecular weight is 272 g/mol. The molecule has 19 heavy (non-hydrogen) atoms. The van der Waals surface area contributed by atoms with Crippen LogP contribution in [-0.4, -0.2) is 0 Å². The van der Waals surface area contributed by atoms with Crippen LogP contribution in [0.5, 0.6) is 0 Å². The molecule has 0 heterocycles. The van der Waals surface area contributed by atoms with Gasteiger partial charge in [-0.25, -0.2) is 4.39 Å². The number of halogens is 2. The van der Waals surface area contributed by atoms with Gasteiger partial charge in [0.25, 0.3) is 0 Å². The summed E-state index contributed by atoms with van der Waals surface area (Å²) < 4.78 is 13.9. The van der Waals surface area contributed by atoms with E-state index in [2.05, 4.69) is 5.32 Å². The highest BCUT2D eigenvalue weighted by Gasteiger charge is 2.10. The lowest BCUT2D eigenvalue weighted by molar-refractivity contribution is 0.640. The van der Waals surface area contributed by atoms with Crippen molar-refractivity contribution in [3.63, 3.8) is 0 Å². The fourth-order valence-corrected chi connectivity index (χ4v) is 2.34. The zero-order valence-corrected chi connectivity index (χ0v) is 10.8. The van der Waals surface area contributed by atoms with Gasteiger partial charge in [-0.2, -0.15) is 0 Å². The fourth-order valence-electron chi connectivity index (χ4n) is 2.09. The first-order chi connectivity index (χ1) is 9.25. The minimum Gasteiger partial charge on any atom is -0.354 e. The molecule has 0 atom stereocenters. The highest BCUT2D eigenvalue weighted by molar-refractivity contribution is 6.35. The van der Waals surface area contributed by atoms with E-state index in [1.54, 1.807) is 6.07 Å². The molecule has 0 amide bonds. The molecule has 0 saturated heterocycles. The van der Waals surface area contributed by atoms with Gasteiger partial charge in [0, 0.05) is 16.5 Å². The molecule has 0 fully saturated rings. The predicted octanol–water partition coefficient (Wildman–Crippen LogP) is 5.38. The molecular formula is C16H11ClFN. The van der Waals surface area contributed by atoms with Gasteiger partial charge in [-0.15, -0.1) is 0 Å². The van der Waals surface area contributed by atoms with Crippen LogP contribution in [0.25, 0.3) is 10.8 Å². The van der Waals surface area contributed by atoms with Gasteiger partial charge in [0.1, 0.15) is 5.82 Å². The van der Waals surface area contributed by atoms with Crippen molar-refractivity contribution in [1.82, 2.24) is 0 Å². The van der Waals surface area contributed by atoms with Crippen molar-refractivity contribution >= 4 is 33.7 Å². The molecule has 0 aliphatic carbocycles. The first-order valence-corrected chi connectivity index (χ1v) is 6.32. The van der Waals surface area contributed by atoms with Crippen molar-refractivity contribution < 1.29 is 4.39 Å². The number of hydrogen-bond acceptors (Lipinski definition) is 1. The van der Waals surface area contributed by atoms with Gasteiger partial charge in [-0.05, 0) is 18.2 Å². The Morgan fingerprint density at radius 2 is 1.47 bits per heavy atom. The second kappa shape index (κ2) is 4.90. The summed E-state index contributed by atoms with van der Waals surface area (Å²) in [4.78, 5) is 0. The Bertz CT molecular complexity index is 725. The molecule has 0 unspecified atom stereocenters. The summed E-state index contributed by atoms with van der Waals surface area (Å²) >= 11 is 6.16. The van der Waals surface area contributed by atoms with Crippen LogP contribution >= 0.6 is 11.6 Å². The number of nitrogens with one attached hydrogen (secondary N) is 1. The maximum atomic E-state index is 13.9. The number of fused-ring (bicyclic) bond motifs is 1. The summed E-state index contributed by atoms with van der Waals surface area (Å²) in [5, 5.41) is 4.95. The fraction of sp³-hybridized carbons (Fsp3) is 0. The van der Waals surface area contributed by atoms with Crippen LogP contribution in [-0.2, 0) is 0 Å². The van der Waals surface area contributed by atoms with Gasteiger partial charge in [-0.3, -0.25) is 0 Å². The van der Waals surface area contributed by atoms with Gasteiger partial charge < -0.3 is 5.32 Å². The standard InChI is InChI=1S/C16H11ClFN/c17-14-10-15(18)12-8-4-5-9-13(12)16(14)19-11-6-2-1-3-7-11/h1-10,19H. The molecular weight excluding hydrogens is 261 g/mol. The van der Waals surface area contributed by atoms with Crippen molar-refractivity contribution in [3.05, 3.63) is 71.5 Å². The Labute approximate surface area is 115 Å². The van der Waals surface area contributed by atoms with E-state index in [4.69, 9.17) is 11.6 Å². The van der Waals surface area contributed by atoms with Crippen LogP contribution in [0.2, 0.25) is 5.02 Å². The minimum atomic E-state index is -0.306. The molecule has 0 saturated carbocycles. The lowest BCUT2D eigenvalue weighted by Gasteiger charge is -2.12. The molecule has 3 aromatic carbocycles. The summed E-state index contributed by atoms with van der Waals surface area (Å²) in [7, 11) is 0. The van der Waals surface area contributed by atoms with Crippen molar-refractivity contribution in [2.24, 2.45) is 0 Å². The Balaban J connectivity index is 2.18. The largest absolute Gasteiger partial charge is 0.354 e. The van der Waals surface area contributed by atoms with E-state index >= 15 is 0 Å². The third kappa shape index (κ3) is 2.27. The van der Waals surface area contributed by atoms with Crippen molar-refractivity contribution in [1.29, 1.82) is 0 Å². The first kappa shape index (κ1) is 12.0. The van der Waals surface area contributed by atoms with Crippen LogP contribution in [0.3, 0.4) is 0 Å². The number of rotatable bonds is 2. The van der Waals surface area contributed by atoms with Gasteiger partial charge in [-0.1, -0.05) is 54.1 Å². The summed E-state index contributed by atoms with van der Waals surface area (Å²) in [6, 6.07) is 18.3. The highest BCUT2D eigenvalue weighted by Crippen LogP contribution is 2.35. The van der Waals surface area contributed by atoms with Crippen LogP contribution in [0.4, 0.5) is 15.8 Å². The molecule has 0 radical (unpaired) electrons. The van der Waals surface area contributed by atoms with Crippen LogP contribution < -0.4 is 5.32 Å². The van der Waals surface area contributed by atoms with Crippen LogP contribution in [0, 0.1) is 5.82 Å². The van der Waals surface area contributed by atoms with Crippen LogP contribution in [0.1, 0.15) is 0 Å². The van der Waals surface area contributed by atoms with Crippen molar-refractivity contribution in [2.75, 3.05) is 5.32 Å². The number of para-hydroxylation sites is 1.